The van der Waals surface area contributed by atoms with Gasteiger partial charge >= 0.3 is 11.4 Å². The molecule has 2 aromatic heterocycles. The number of thioether (sulfide) groups is 1. The fourth-order valence-electron chi connectivity index (χ4n) is 2.45. The summed E-state index contributed by atoms with van der Waals surface area (Å²) in [5.41, 5.74) is 1.47. The highest BCUT2D eigenvalue weighted by Gasteiger charge is 2.17. The van der Waals surface area contributed by atoms with Gasteiger partial charge < -0.3 is 0 Å². The summed E-state index contributed by atoms with van der Waals surface area (Å²) in [5, 5.41) is 1.23. The normalized spacial score (nSPS) is 11.3. The molecule has 24 heavy (non-hydrogen) atoms. The van der Waals surface area contributed by atoms with Crippen LogP contribution in [0.4, 0.5) is 0 Å². The van der Waals surface area contributed by atoms with E-state index in [9.17, 15) is 9.59 Å². The van der Waals surface area contributed by atoms with Crippen LogP contribution < -0.4 is 11.4 Å². The Kier molecular flexibility index (Phi) is 4.82. The van der Waals surface area contributed by atoms with Gasteiger partial charge in [0.1, 0.15) is 16.2 Å². The van der Waals surface area contributed by atoms with Gasteiger partial charge in [-0.25, -0.2) is 9.59 Å². The first-order chi connectivity index (χ1) is 11.5. The maximum atomic E-state index is 12.4. The first kappa shape index (κ1) is 16.9. The van der Waals surface area contributed by atoms with E-state index in [2.05, 4.69) is 16.9 Å². The number of rotatable bonds is 5. The lowest BCUT2D eigenvalue weighted by atomic mass is 10.2. The Morgan fingerprint density at radius 2 is 1.96 bits per heavy atom. The summed E-state index contributed by atoms with van der Waals surface area (Å²) >= 11 is 7.40. The second-order valence-electron chi connectivity index (χ2n) is 5.45. The van der Waals surface area contributed by atoms with Crippen molar-refractivity contribution in [2.24, 2.45) is 7.05 Å². The molecule has 1 aromatic carbocycles. The quantitative estimate of drug-likeness (QED) is 0.558. The highest BCUT2D eigenvalue weighted by Crippen LogP contribution is 2.24. The fraction of sp³-hybridized carbons (Fsp3) is 0.312. The minimum atomic E-state index is -0.374. The number of hydrogen-bond donors (Lipinski definition) is 1. The van der Waals surface area contributed by atoms with Gasteiger partial charge in [-0.2, -0.15) is 4.98 Å². The van der Waals surface area contributed by atoms with Crippen molar-refractivity contribution in [1.29, 1.82) is 0 Å². The molecular formula is C16H17ClN4O2S. The van der Waals surface area contributed by atoms with Crippen molar-refractivity contribution in [3.8, 4) is 0 Å². The number of H-pyrrole nitrogens is 1. The smallest absolute Gasteiger partial charge is 0.291 e. The molecule has 126 valence electrons. The van der Waals surface area contributed by atoms with Gasteiger partial charge in [0.2, 0.25) is 0 Å². The van der Waals surface area contributed by atoms with Crippen LogP contribution in [0.3, 0.4) is 0 Å². The van der Waals surface area contributed by atoms with Gasteiger partial charge in [-0.15, -0.1) is 11.8 Å². The molecule has 0 bridgehead atoms. The van der Waals surface area contributed by atoms with Crippen LogP contribution in [0.1, 0.15) is 18.9 Å². The van der Waals surface area contributed by atoms with Gasteiger partial charge in [0, 0.05) is 12.1 Å². The van der Waals surface area contributed by atoms with Crippen LogP contribution >= 0.6 is 23.4 Å². The monoisotopic (exact) mass is 364 g/mol. The Morgan fingerprint density at radius 1 is 1.25 bits per heavy atom. The van der Waals surface area contributed by atoms with Crippen LogP contribution in [-0.2, 0) is 13.6 Å². The number of halogens is 1. The number of aromatic nitrogens is 4. The highest BCUT2D eigenvalue weighted by atomic mass is 35.5. The summed E-state index contributed by atoms with van der Waals surface area (Å²) in [6, 6.07) is 7.33. The average molecular weight is 365 g/mol. The van der Waals surface area contributed by atoms with Gasteiger partial charge in [-0.1, -0.05) is 30.7 Å². The second kappa shape index (κ2) is 6.86. The summed E-state index contributed by atoms with van der Waals surface area (Å²) in [5.74, 6) is 0.829. The molecule has 0 saturated heterocycles. The second-order valence-corrected chi connectivity index (χ2v) is 6.97. The van der Waals surface area contributed by atoms with Gasteiger partial charge in [0.25, 0.3) is 0 Å². The molecule has 0 aliphatic heterocycles. The van der Waals surface area contributed by atoms with E-state index >= 15 is 0 Å². The molecule has 0 atom stereocenters. The number of aryl methyl sites for hydroxylation is 1. The maximum Gasteiger partial charge on any atom is 0.350 e. The van der Waals surface area contributed by atoms with Crippen LogP contribution in [0.5, 0.6) is 0 Å². The first-order valence-corrected chi connectivity index (χ1v) is 8.94. The summed E-state index contributed by atoms with van der Waals surface area (Å²) in [7, 11) is 1.61. The topological polar surface area (TPSA) is 72.7 Å². The van der Waals surface area contributed by atoms with Gasteiger partial charge in [-0.3, -0.25) is 14.1 Å². The van der Waals surface area contributed by atoms with Crippen molar-refractivity contribution >= 4 is 34.5 Å². The van der Waals surface area contributed by atoms with Crippen molar-refractivity contribution in [2.45, 2.75) is 24.9 Å². The van der Waals surface area contributed by atoms with Gasteiger partial charge in [-0.05, 0) is 29.9 Å². The van der Waals surface area contributed by atoms with Crippen molar-refractivity contribution < 1.29 is 0 Å². The lowest BCUT2D eigenvalue weighted by molar-refractivity contribution is 0.770. The van der Waals surface area contributed by atoms with Crippen LogP contribution in [0.2, 0.25) is 5.02 Å². The van der Waals surface area contributed by atoms with Crippen LogP contribution in [0.25, 0.3) is 11.2 Å². The Labute approximate surface area is 147 Å². The SMILES string of the molecule is CCCSc1nc(=O)n(C)c2[nH]c(=O)n(Cc3ccc(Cl)cc3)c12. The van der Waals surface area contributed by atoms with Crippen molar-refractivity contribution in [3.63, 3.8) is 0 Å². The number of nitrogens with one attached hydrogen (secondary N) is 1. The molecule has 0 amide bonds. The summed E-state index contributed by atoms with van der Waals surface area (Å²) in [4.78, 5) is 31.4. The van der Waals surface area contributed by atoms with E-state index in [0.29, 0.717) is 27.8 Å². The van der Waals surface area contributed by atoms with Crippen molar-refractivity contribution in [3.05, 3.63) is 55.8 Å². The molecule has 0 aliphatic rings. The predicted molar refractivity (Wildman–Crippen MR) is 97.2 cm³/mol. The Balaban J connectivity index is 2.17. The molecule has 6 nitrogen and oxygen atoms in total. The largest absolute Gasteiger partial charge is 0.350 e. The number of imidazole rings is 1. The molecule has 0 unspecified atom stereocenters. The summed E-state index contributed by atoms with van der Waals surface area (Å²) in [6.45, 7) is 2.44. The Bertz CT molecular complexity index is 988. The molecule has 8 heteroatoms. The third-order valence-corrected chi connectivity index (χ3v) is 5.11. The number of fused-ring (bicyclic) bond motifs is 1. The van der Waals surface area contributed by atoms with E-state index in [1.165, 1.54) is 16.3 Å². The summed E-state index contributed by atoms with van der Waals surface area (Å²) in [6.07, 6.45) is 0.953. The number of benzene rings is 1. The Hall–Kier alpha value is -1.99. The molecule has 0 fully saturated rings. The van der Waals surface area contributed by atoms with Crippen LogP contribution in [-0.4, -0.2) is 24.9 Å². The average Bonchev–Trinajstić information content (AvgIpc) is 2.89. The molecule has 0 radical (unpaired) electrons. The van der Waals surface area contributed by atoms with E-state index in [0.717, 1.165) is 17.7 Å². The predicted octanol–water partition coefficient (Wildman–Crippen LogP) is 2.63. The van der Waals surface area contributed by atoms with E-state index in [1.54, 1.807) is 23.7 Å². The molecule has 0 saturated carbocycles. The lowest BCUT2D eigenvalue weighted by Crippen LogP contribution is -2.21. The fourth-order valence-corrected chi connectivity index (χ4v) is 3.46. The van der Waals surface area contributed by atoms with Crippen LogP contribution in [0.15, 0.2) is 38.9 Å². The minimum Gasteiger partial charge on any atom is -0.291 e. The molecular weight excluding hydrogens is 348 g/mol. The zero-order chi connectivity index (χ0) is 17.3. The first-order valence-electron chi connectivity index (χ1n) is 7.58. The number of hydrogen-bond acceptors (Lipinski definition) is 4. The zero-order valence-corrected chi connectivity index (χ0v) is 14.9. The summed E-state index contributed by atoms with van der Waals surface area (Å²) < 4.78 is 2.98. The van der Waals surface area contributed by atoms with Crippen molar-refractivity contribution in [1.82, 2.24) is 19.1 Å². The zero-order valence-electron chi connectivity index (χ0n) is 13.4. The van der Waals surface area contributed by atoms with E-state index in [4.69, 9.17) is 11.6 Å². The maximum absolute atomic E-state index is 12.4. The highest BCUT2D eigenvalue weighted by molar-refractivity contribution is 7.99. The van der Waals surface area contributed by atoms with E-state index in [1.807, 2.05) is 12.1 Å². The molecule has 2 heterocycles. The standard InChI is InChI=1S/C16H17ClN4O2S/c1-3-8-24-14-12-13(20(2)15(22)19-14)18-16(23)21(12)9-10-4-6-11(17)7-5-10/h4-7H,3,8-9H2,1-2H3,(H,18,23). The molecule has 3 aromatic rings. The minimum absolute atomic E-state index is 0.263. The third-order valence-electron chi connectivity index (χ3n) is 3.68. The van der Waals surface area contributed by atoms with Gasteiger partial charge in [0.15, 0.2) is 0 Å². The molecule has 1 N–H and O–H groups in total. The molecule has 3 rings (SSSR count). The Morgan fingerprint density at radius 3 is 2.62 bits per heavy atom. The lowest BCUT2D eigenvalue weighted by Gasteiger charge is -2.08. The van der Waals surface area contributed by atoms with E-state index in [-0.39, 0.29) is 11.4 Å². The van der Waals surface area contributed by atoms with E-state index < -0.39 is 0 Å². The van der Waals surface area contributed by atoms with Gasteiger partial charge in [0.05, 0.1) is 6.54 Å². The molecule has 0 aliphatic carbocycles. The van der Waals surface area contributed by atoms with Crippen molar-refractivity contribution in [2.75, 3.05) is 5.75 Å². The van der Waals surface area contributed by atoms with Crippen LogP contribution in [0, 0.1) is 0 Å². The number of aromatic amines is 1. The third kappa shape index (κ3) is 3.14. The number of nitrogens with zero attached hydrogens (tertiary/aromatic N) is 3. The molecule has 0 spiro atoms.